The number of carbonyl (C=O) groups excluding carboxylic acids is 1. The standard InChI is InChI=1S/C12H12Cl2FNO2/c13-6-9-7-16(3-4-18-9)12(17)10-2-1-8(15)5-11(10)14/h1-2,5,9H,3-4,6-7H2. The highest BCUT2D eigenvalue weighted by molar-refractivity contribution is 6.33. The van der Waals surface area contributed by atoms with Gasteiger partial charge < -0.3 is 9.64 Å². The van der Waals surface area contributed by atoms with Gasteiger partial charge in [-0.3, -0.25) is 4.79 Å². The number of carbonyl (C=O) groups is 1. The van der Waals surface area contributed by atoms with Crippen molar-refractivity contribution in [3.05, 3.63) is 34.6 Å². The maximum atomic E-state index is 12.9. The Morgan fingerprint density at radius 2 is 2.33 bits per heavy atom. The molecule has 2 rings (SSSR count). The third-order valence-corrected chi connectivity index (χ3v) is 3.42. The lowest BCUT2D eigenvalue weighted by molar-refractivity contribution is -0.0108. The third-order valence-electron chi connectivity index (χ3n) is 2.76. The van der Waals surface area contributed by atoms with Crippen LogP contribution in [-0.4, -0.2) is 42.5 Å². The lowest BCUT2D eigenvalue weighted by atomic mass is 10.1. The minimum Gasteiger partial charge on any atom is -0.373 e. The van der Waals surface area contributed by atoms with Gasteiger partial charge in [-0.25, -0.2) is 4.39 Å². The molecule has 1 unspecified atom stereocenters. The van der Waals surface area contributed by atoms with E-state index in [0.717, 1.165) is 6.07 Å². The minimum absolute atomic E-state index is 0.119. The molecule has 0 saturated carbocycles. The smallest absolute Gasteiger partial charge is 0.255 e. The van der Waals surface area contributed by atoms with E-state index in [4.69, 9.17) is 27.9 Å². The van der Waals surface area contributed by atoms with Crippen LogP contribution in [0.15, 0.2) is 18.2 Å². The first kappa shape index (κ1) is 13.6. The Kier molecular flexibility index (Phi) is 4.43. The molecule has 1 atom stereocenters. The van der Waals surface area contributed by atoms with Crippen LogP contribution in [-0.2, 0) is 4.74 Å². The van der Waals surface area contributed by atoms with E-state index in [1.807, 2.05) is 0 Å². The van der Waals surface area contributed by atoms with Gasteiger partial charge in [-0.15, -0.1) is 11.6 Å². The van der Waals surface area contributed by atoms with Gasteiger partial charge in [0.15, 0.2) is 0 Å². The monoisotopic (exact) mass is 291 g/mol. The van der Waals surface area contributed by atoms with E-state index in [-0.39, 0.29) is 17.0 Å². The number of ether oxygens (including phenoxy) is 1. The Labute approximate surface area is 114 Å². The van der Waals surface area contributed by atoms with Gasteiger partial charge in [0.25, 0.3) is 5.91 Å². The van der Waals surface area contributed by atoms with Crippen molar-refractivity contribution in [2.45, 2.75) is 6.10 Å². The Morgan fingerprint density at radius 3 is 3.00 bits per heavy atom. The average molecular weight is 292 g/mol. The largest absolute Gasteiger partial charge is 0.373 e. The highest BCUT2D eigenvalue weighted by Crippen LogP contribution is 2.20. The fourth-order valence-electron chi connectivity index (χ4n) is 1.83. The van der Waals surface area contributed by atoms with E-state index < -0.39 is 5.82 Å². The van der Waals surface area contributed by atoms with Crippen molar-refractivity contribution in [2.24, 2.45) is 0 Å². The molecule has 0 radical (unpaired) electrons. The quantitative estimate of drug-likeness (QED) is 0.784. The molecule has 1 aromatic carbocycles. The molecule has 0 bridgehead atoms. The molecule has 0 aliphatic carbocycles. The first-order valence-corrected chi connectivity index (χ1v) is 6.45. The zero-order chi connectivity index (χ0) is 13.1. The number of rotatable bonds is 2. The number of benzene rings is 1. The van der Waals surface area contributed by atoms with Gasteiger partial charge in [0, 0.05) is 13.1 Å². The lowest BCUT2D eigenvalue weighted by Gasteiger charge is -2.32. The summed E-state index contributed by atoms with van der Waals surface area (Å²) in [5.74, 6) is -0.350. The number of alkyl halides is 1. The van der Waals surface area contributed by atoms with E-state index in [1.165, 1.54) is 12.1 Å². The fourth-order valence-corrected chi connectivity index (χ4v) is 2.27. The molecule has 1 heterocycles. The highest BCUT2D eigenvalue weighted by Gasteiger charge is 2.25. The summed E-state index contributed by atoms with van der Waals surface area (Å²) in [6.45, 7) is 1.36. The van der Waals surface area contributed by atoms with Gasteiger partial charge in [0.2, 0.25) is 0 Å². The molecule has 6 heteroatoms. The van der Waals surface area contributed by atoms with Crippen LogP contribution in [0.4, 0.5) is 4.39 Å². The maximum absolute atomic E-state index is 12.9. The predicted octanol–water partition coefficient (Wildman–Crippen LogP) is 2.56. The van der Waals surface area contributed by atoms with Crippen LogP contribution in [0.3, 0.4) is 0 Å². The van der Waals surface area contributed by atoms with Crippen molar-refractivity contribution < 1.29 is 13.9 Å². The van der Waals surface area contributed by atoms with Gasteiger partial charge in [0.1, 0.15) is 5.82 Å². The molecule has 0 aromatic heterocycles. The van der Waals surface area contributed by atoms with Gasteiger partial charge in [-0.05, 0) is 18.2 Å². The number of morpholine rings is 1. The summed E-state index contributed by atoms with van der Waals surface area (Å²) in [4.78, 5) is 13.8. The molecule has 1 saturated heterocycles. The number of amides is 1. The zero-order valence-electron chi connectivity index (χ0n) is 9.54. The minimum atomic E-state index is -0.461. The topological polar surface area (TPSA) is 29.5 Å². The van der Waals surface area contributed by atoms with E-state index >= 15 is 0 Å². The van der Waals surface area contributed by atoms with Gasteiger partial charge in [-0.1, -0.05) is 11.6 Å². The van der Waals surface area contributed by atoms with Crippen LogP contribution in [0.25, 0.3) is 0 Å². The second-order valence-corrected chi connectivity index (χ2v) is 4.74. The molecule has 1 aliphatic rings. The molecule has 98 valence electrons. The number of hydrogen-bond donors (Lipinski definition) is 0. The molecule has 1 amide bonds. The second-order valence-electron chi connectivity index (χ2n) is 4.02. The maximum Gasteiger partial charge on any atom is 0.255 e. The number of halogens is 3. The molecular formula is C12H12Cl2FNO2. The van der Waals surface area contributed by atoms with E-state index in [9.17, 15) is 9.18 Å². The van der Waals surface area contributed by atoms with Gasteiger partial charge in [0.05, 0.1) is 29.2 Å². The molecule has 1 aromatic rings. The van der Waals surface area contributed by atoms with Crippen LogP contribution >= 0.6 is 23.2 Å². The Bertz CT molecular complexity index is 456. The van der Waals surface area contributed by atoms with E-state index in [0.29, 0.717) is 31.1 Å². The van der Waals surface area contributed by atoms with E-state index in [1.54, 1.807) is 4.90 Å². The van der Waals surface area contributed by atoms with Crippen molar-refractivity contribution in [1.29, 1.82) is 0 Å². The summed E-state index contributed by atoms with van der Waals surface area (Å²) < 4.78 is 18.3. The van der Waals surface area contributed by atoms with Crippen molar-refractivity contribution in [2.75, 3.05) is 25.6 Å². The molecular weight excluding hydrogens is 280 g/mol. The zero-order valence-corrected chi connectivity index (χ0v) is 11.0. The Morgan fingerprint density at radius 1 is 1.56 bits per heavy atom. The first-order chi connectivity index (χ1) is 8.61. The molecule has 1 aliphatic heterocycles. The number of hydrogen-bond acceptors (Lipinski definition) is 2. The van der Waals surface area contributed by atoms with Crippen LogP contribution in [0, 0.1) is 5.82 Å². The lowest BCUT2D eigenvalue weighted by Crippen LogP contribution is -2.46. The summed E-state index contributed by atoms with van der Waals surface area (Å²) in [6.07, 6.45) is -0.163. The Balaban J connectivity index is 2.15. The van der Waals surface area contributed by atoms with Crippen molar-refractivity contribution >= 4 is 29.1 Å². The van der Waals surface area contributed by atoms with Gasteiger partial charge >= 0.3 is 0 Å². The van der Waals surface area contributed by atoms with Crippen molar-refractivity contribution in [1.82, 2.24) is 4.90 Å². The fraction of sp³-hybridized carbons (Fsp3) is 0.417. The molecule has 18 heavy (non-hydrogen) atoms. The average Bonchev–Trinajstić information content (AvgIpc) is 2.38. The summed E-state index contributed by atoms with van der Waals surface area (Å²) in [6, 6.07) is 3.75. The first-order valence-electron chi connectivity index (χ1n) is 5.53. The second kappa shape index (κ2) is 5.87. The summed E-state index contributed by atoms with van der Waals surface area (Å²) in [5.41, 5.74) is 0.299. The predicted molar refractivity (Wildman–Crippen MR) is 67.8 cm³/mol. The molecule has 1 fully saturated rings. The van der Waals surface area contributed by atoms with Crippen molar-refractivity contribution in [3.63, 3.8) is 0 Å². The Hall–Kier alpha value is -0.840. The molecule has 3 nitrogen and oxygen atoms in total. The van der Waals surface area contributed by atoms with Crippen molar-refractivity contribution in [3.8, 4) is 0 Å². The van der Waals surface area contributed by atoms with Gasteiger partial charge in [-0.2, -0.15) is 0 Å². The number of nitrogens with zero attached hydrogens (tertiary/aromatic N) is 1. The van der Waals surface area contributed by atoms with Crippen LogP contribution in [0.2, 0.25) is 5.02 Å². The van der Waals surface area contributed by atoms with E-state index in [2.05, 4.69) is 0 Å². The van der Waals surface area contributed by atoms with Crippen LogP contribution in [0.1, 0.15) is 10.4 Å². The highest BCUT2D eigenvalue weighted by atomic mass is 35.5. The normalized spacial score (nSPS) is 19.9. The SMILES string of the molecule is O=C(c1ccc(F)cc1Cl)N1CCOC(CCl)C1. The molecule has 0 spiro atoms. The van der Waals surface area contributed by atoms with Crippen LogP contribution < -0.4 is 0 Å². The summed E-state index contributed by atoms with van der Waals surface area (Å²) in [5, 5.41) is 0.119. The molecule has 0 N–H and O–H groups in total. The third kappa shape index (κ3) is 2.94. The summed E-state index contributed by atoms with van der Waals surface area (Å²) in [7, 11) is 0. The summed E-state index contributed by atoms with van der Waals surface area (Å²) >= 11 is 11.6. The van der Waals surface area contributed by atoms with Crippen LogP contribution in [0.5, 0.6) is 0 Å².